The highest BCUT2D eigenvalue weighted by atomic mass is 32.2. The average Bonchev–Trinajstić information content (AvgIpc) is 2.98. The molecule has 0 fully saturated rings. The monoisotopic (exact) mass is 328 g/mol. The molecule has 2 aromatic rings. The van der Waals surface area contributed by atoms with E-state index in [9.17, 15) is 8.42 Å². The zero-order valence-electron chi connectivity index (χ0n) is 10.4. The van der Waals surface area contributed by atoms with E-state index in [1.165, 1.54) is 16.2 Å². The number of hydrogen-bond donors (Lipinski definition) is 2. The smallest absolute Gasteiger partial charge is 0.247 e. The number of nitrogens with one attached hydrogen (secondary N) is 1. The van der Waals surface area contributed by atoms with Crippen LogP contribution in [-0.2, 0) is 16.4 Å². The number of nitrogens with zero attached hydrogens (tertiary/aromatic N) is 2. The van der Waals surface area contributed by atoms with Gasteiger partial charge in [-0.05, 0) is 25.1 Å². The van der Waals surface area contributed by atoms with Crippen LogP contribution in [0.1, 0.15) is 4.88 Å². The van der Waals surface area contributed by atoms with Gasteiger partial charge in [0.1, 0.15) is 0 Å². The molecule has 6 nitrogen and oxygen atoms in total. The Bertz CT molecular complexity index is 727. The molecule has 0 amide bonds. The Morgan fingerprint density at radius 2 is 2.25 bits per heavy atom. The Labute approximate surface area is 124 Å². The van der Waals surface area contributed by atoms with Crippen LogP contribution in [0.2, 0.25) is 0 Å². The van der Waals surface area contributed by atoms with Gasteiger partial charge in [0.15, 0.2) is 10.9 Å². The van der Waals surface area contributed by atoms with E-state index in [0.29, 0.717) is 6.54 Å². The topological polar surface area (TPSA) is 109 Å². The summed E-state index contributed by atoms with van der Waals surface area (Å²) in [5, 5.41) is 10.5. The van der Waals surface area contributed by atoms with Crippen LogP contribution >= 0.6 is 22.7 Å². The lowest BCUT2D eigenvalue weighted by Crippen LogP contribution is -2.15. The molecule has 0 saturated heterocycles. The van der Waals surface area contributed by atoms with E-state index in [-0.39, 0.29) is 5.13 Å². The maximum absolute atomic E-state index is 11.5. The quantitative estimate of drug-likeness (QED) is 0.838. The number of thiazole rings is 1. The molecule has 2 rings (SSSR count). The van der Waals surface area contributed by atoms with Gasteiger partial charge in [-0.2, -0.15) is 5.26 Å². The summed E-state index contributed by atoms with van der Waals surface area (Å²) in [5.74, 6) is -0.582. The summed E-state index contributed by atoms with van der Waals surface area (Å²) in [6.45, 7) is 0.593. The number of thiophene rings is 1. The third-order valence-corrected chi connectivity index (χ3v) is 5.37. The first-order valence-electron chi connectivity index (χ1n) is 5.66. The SMILES string of the molecule is N#CCS(=O)(=O)Nc1nc(-c2ccc(CCN)s2)cs1. The van der Waals surface area contributed by atoms with Crippen LogP contribution in [0.3, 0.4) is 0 Å². The van der Waals surface area contributed by atoms with Crippen molar-refractivity contribution >= 4 is 37.8 Å². The van der Waals surface area contributed by atoms with Crippen molar-refractivity contribution in [2.75, 3.05) is 17.0 Å². The fourth-order valence-electron chi connectivity index (χ4n) is 1.48. The van der Waals surface area contributed by atoms with E-state index in [1.54, 1.807) is 22.8 Å². The van der Waals surface area contributed by atoms with Crippen molar-refractivity contribution in [3.05, 3.63) is 22.4 Å². The van der Waals surface area contributed by atoms with Gasteiger partial charge in [0.25, 0.3) is 0 Å². The summed E-state index contributed by atoms with van der Waals surface area (Å²) in [6.07, 6.45) is 0.816. The highest BCUT2D eigenvalue weighted by Crippen LogP contribution is 2.31. The van der Waals surface area contributed by atoms with E-state index in [4.69, 9.17) is 11.0 Å². The lowest BCUT2D eigenvalue weighted by atomic mass is 10.3. The molecule has 2 aromatic heterocycles. The second kappa shape index (κ2) is 6.32. The van der Waals surface area contributed by atoms with Crippen LogP contribution in [0.4, 0.5) is 5.13 Å². The summed E-state index contributed by atoms with van der Waals surface area (Å²) < 4.78 is 25.2. The molecule has 106 valence electrons. The molecular weight excluding hydrogens is 316 g/mol. The second-order valence-electron chi connectivity index (χ2n) is 3.86. The van der Waals surface area contributed by atoms with E-state index in [2.05, 4.69) is 9.71 Å². The van der Waals surface area contributed by atoms with Crippen LogP contribution in [0, 0.1) is 11.3 Å². The molecule has 9 heteroatoms. The van der Waals surface area contributed by atoms with Crippen molar-refractivity contribution in [3.8, 4) is 16.6 Å². The van der Waals surface area contributed by atoms with Crippen molar-refractivity contribution in [1.29, 1.82) is 5.26 Å². The first-order valence-corrected chi connectivity index (χ1v) is 9.01. The molecule has 0 atom stereocenters. The van der Waals surface area contributed by atoms with Crippen molar-refractivity contribution in [2.45, 2.75) is 6.42 Å². The largest absolute Gasteiger partial charge is 0.330 e. The Kier molecular flexibility index (Phi) is 4.72. The van der Waals surface area contributed by atoms with Gasteiger partial charge < -0.3 is 5.73 Å². The third kappa shape index (κ3) is 3.77. The standard InChI is InChI=1S/C11H12N4O2S3/c12-4-3-8-1-2-10(19-8)9-7-18-11(14-9)15-20(16,17)6-5-13/h1-2,7H,3-4,6,12H2,(H,14,15). The molecule has 20 heavy (non-hydrogen) atoms. The second-order valence-corrected chi connectivity index (χ2v) is 7.61. The minimum atomic E-state index is -3.63. The van der Waals surface area contributed by atoms with Crippen molar-refractivity contribution in [3.63, 3.8) is 0 Å². The fourth-order valence-corrected chi connectivity index (χ4v) is 4.22. The highest BCUT2D eigenvalue weighted by molar-refractivity contribution is 7.93. The first kappa shape index (κ1) is 14.9. The Morgan fingerprint density at radius 3 is 2.95 bits per heavy atom. The fraction of sp³-hybridized carbons (Fsp3) is 0.273. The lowest BCUT2D eigenvalue weighted by Gasteiger charge is -1.99. The zero-order valence-corrected chi connectivity index (χ0v) is 12.8. The van der Waals surface area contributed by atoms with Crippen LogP contribution in [-0.4, -0.2) is 25.7 Å². The van der Waals surface area contributed by atoms with Gasteiger partial charge in [0.2, 0.25) is 10.0 Å². The molecule has 0 unspecified atom stereocenters. The number of anilines is 1. The Morgan fingerprint density at radius 1 is 1.45 bits per heavy atom. The molecule has 0 aliphatic heterocycles. The van der Waals surface area contributed by atoms with Crippen LogP contribution in [0.5, 0.6) is 0 Å². The molecule has 0 saturated carbocycles. The molecule has 2 heterocycles. The van der Waals surface area contributed by atoms with Crippen molar-refractivity contribution in [2.24, 2.45) is 5.73 Å². The summed E-state index contributed by atoms with van der Waals surface area (Å²) in [7, 11) is -3.63. The molecule has 0 aliphatic rings. The van der Waals surface area contributed by atoms with Crippen LogP contribution < -0.4 is 10.5 Å². The maximum Gasteiger partial charge on any atom is 0.247 e. The van der Waals surface area contributed by atoms with Gasteiger partial charge in [-0.15, -0.1) is 22.7 Å². The average molecular weight is 328 g/mol. The summed E-state index contributed by atoms with van der Waals surface area (Å²) in [5.41, 5.74) is 6.22. The molecule has 3 N–H and O–H groups in total. The van der Waals surface area contributed by atoms with Crippen LogP contribution in [0.15, 0.2) is 17.5 Å². The third-order valence-electron chi connectivity index (χ3n) is 2.31. The molecule has 0 spiro atoms. The van der Waals surface area contributed by atoms with Gasteiger partial charge in [-0.25, -0.2) is 13.4 Å². The lowest BCUT2D eigenvalue weighted by molar-refractivity contribution is 0.604. The van der Waals surface area contributed by atoms with Gasteiger partial charge in [0, 0.05) is 10.3 Å². The normalized spacial score (nSPS) is 11.2. The Balaban J connectivity index is 2.14. The summed E-state index contributed by atoms with van der Waals surface area (Å²) in [6, 6.07) is 5.54. The maximum atomic E-state index is 11.5. The van der Waals surface area contributed by atoms with E-state index in [0.717, 1.165) is 17.0 Å². The van der Waals surface area contributed by atoms with Crippen LogP contribution in [0.25, 0.3) is 10.6 Å². The number of hydrogen-bond acceptors (Lipinski definition) is 7. The zero-order chi connectivity index (χ0) is 14.6. The number of rotatable bonds is 6. The molecule has 0 radical (unpaired) electrons. The van der Waals surface area contributed by atoms with E-state index < -0.39 is 15.8 Å². The predicted octanol–water partition coefficient (Wildman–Crippen LogP) is 1.64. The number of nitriles is 1. The highest BCUT2D eigenvalue weighted by Gasteiger charge is 2.13. The van der Waals surface area contributed by atoms with Gasteiger partial charge in [-0.3, -0.25) is 4.72 Å². The molecule has 0 aliphatic carbocycles. The minimum Gasteiger partial charge on any atom is -0.330 e. The first-order chi connectivity index (χ1) is 9.54. The van der Waals surface area contributed by atoms with E-state index >= 15 is 0 Å². The number of aromatic nitrogens is 1. The number of sulfonamides is 1. The van der Waals surface area contributed by atoms with Gasteiger partial charge in [-0.1, -0.05) is 0 Å². The number of nitrogens with two attached hydrogens (primary N) is 1. The molecule has 0 aromatic carbocycles. The summed E-state index contributed by atoms with van der Waals surface area (Å²) in [4.78, 5) is 6.36. The molecule has 0 bridgehead atoms. The predicted molar refractivity (Wildman–Crippen MR) is 81.2 cm³/mol. The van der Waals surface area contributed by atoms with Crippen molar-refractivity contribution in [1.82, 2.24) is 4.98 Å². The van der Waals surface area contributed by atoms with Gasteiger partial charge in [0.05, 0.1) is 16.6 Å². The van der Waals surface area contributed by atoms with Gasteiger partial charge >= 0.3 is 0 Å². The van der Waals surface area contributed by atoms with Crippen molar-refractivity contribution < 1.29 is 8.42 Å². The van der Waals surface area contributed by atoms with E-state index in [1.807, 2.05) is 12.1 Å². The minimum absolute atomic E-state index is 0.268. The molecular formula is C11H12N4O2S3. The Hall–Kier alpha value is -1.47. The summed E-state index contributed by atoms with van der Waals surface area (Å²) >= 11 is 2.78.